The molecule has 4 aromatic rings. The minimum atomic E-state index is -5.08. The van der Waals surface area contributed by atoms with Gasteiger partial charge in [0.25, 0.3) is 0 Å². The maximum Gasteiger partial charge on any atom is 0.490 e. The molecular weight excluding hydrogens is 465 g/mol. The predicted octanol–water partition coefficient (Wildman–Crippen LogP) is 4.79. The van der Waals surface area contributed by atoms with Gasteiger partial charge in [0.15, 0.2) is 0 Å². The van der Waals surface area contributed by atoms with Crippen molar-refractivity contribution in [2.75, 3.05) is 18.0 Å². The molecule has 1 aromatic carbocycles. The molecule has 12 heteroatoms. The molecule has 2 fully saturated rings. The zero-order chi connectivity index (χ0) is 24.6. The summed E-state index contributed by atoms with van der Waals surface area (Å²) in [6.07, 6.45) is 5.42. The smallest absolute Gasteiger partial charge is 0.475 e. The topological polar surface area (TPSA) is 121 Å². The van der Waals surface area contributed by atoms with Gasteiger partial charge >= 0.3 is 18.2 Å². The van der Waals surface area contributed by atoms with Gasteiger partial charge in [-0.15, -0.1) is 5.10 Å². The first-order chi connectivity index (χ1) is 16.8. The number of carbonyl (C=O) groups is 1. The van der Waals surface area contributed by atoms with Crippen molar-refractivity contribution in [2.45, 2.75) is 37.8 Å². The summed E-state index contributed by atoms with van der Waals surface area (Å²) in [6.45, 7) is 1.97. The highest BCUT2D eigenvalue weighted by Gasteiger charge is 2.38. The number of hydrogen-bond acceptors (Lipinski definition) is 7. The van der Waals surface area contributed by atoms with E-state index in [2.05, 4.69) is 31.1 Å². The summed E-state index contributed by atoms with van der Waals surface area (Å²) in [6, 6.07) is 6.76. The number of rotatable bonds is 4. The van der Waals surface area contributed by atoms with E-state index in [1.54, 1.807) is 0 Å². The molecule has 2 aliphatic rings. The zero-order valence-electron chi connectivity index (χ0n) is 18.4. The minimum Gasteiger partial charge on any atom is -0.475 e. The number of alkyl halides is 3. The van der Waals surface area contributed by atoms with E-state index in [-0.39, 0.29) is 0 Å². The Hall–Kier alpha value is -3.96. The standard InChI is InChI=1S/C21H20N6O.C2HF3O2/c1-2-8-27(7-1)21-26-25-20(28-21)14-5-6-17-15(9-14)16(10-23-17)19-12-22-11-18(24-19)13-3-4-13;3-2(4,5)1(6)7/h5-6,9-13,23H,1-4,7-8H2;(H,6,7). The summed E-state index contributed by atoms with van der Waals surface area (Å²) in [5, 5.41) is 16.7. The van der Waals surface area contributed by atoms with Crippen molar-refractivity contribution < 1.29 is 27.5 Å². The number of fused-ring (bicyclic) bond motifs is 1. The summed E-state index contributed by atoms with van der Waals surface area (Å²) < 4.78 is 37.7. The van der Waals surface area contributed by atoms with Crippen LogP contribution in [0.4, 0.5) is 19.2 Å². The van der Waals surface area contributed by atoms with Gasteiger partial charge in [-0.3, -0.25) is 4.98 Å². The van der Waals surface area contributed by atoms with Crippen LogP contribution in [0.2, 0.25) is 0 Å². The lowest BCUT2D eigenvalue weighted by Crippen LogP contribution is -2.21. The number of aromatic nitrogens is 5. The lowest BCUT2D eigenvalue weighted by molar-refractivity contribution is -0.192. The zero-order valence-corrected chi connectivity index (χ0v) is 18.4. The highest BCUT2D eigenvalue weighted by molar-refractivity contribution is 5.96. The van der Waals surface area contributed by atoms with Crippen LogP contribution in [0.25, 0.3) is 33.6 Å². The van der Waals surface area contributed by atoms with Gasteiger partial charge in [0.05, 0.1) is 17.6 Å². The number of nitrogens with one attached hydrogen (secondary N) is 1. The largest absolute Gasteiger partial charge is 0.490 e. The fraction of sp³-hybridized carbons (Fsp3) is 0.348. The third kappa shape index (κ3) is 4.96. The van der Waals surface area contributed by atoms with Crippen LogP contribution < -0.4 is 4.90 Å². The highest BCUT2D eigenvalue weighted by Crippen LogP contribution is 2.39. The van der Waals surface area contributed by atoms with Crippen molar-refractivity contribution in [1.29, 1.82) is 0 Å². The number of benzene rings is 1. The van der Waals surface area contributed by atoms with E-state index in [0.29, 0.717) is 17.8 Å². The number of H-pyrrole nitrogens is 1. The van der Waals surface area contributed by atoms with Crippen molar-refractivity contribution in [1.82, 2.24) is 25.1 Å². The van der Waals surface area contributed by atoms with Crippen molar-refractivity contribution in [2.24, 2.45) is 0 Å². The van der Waals surface area contributed by atoms with Crippen LogP contribution in [0.1, 0.15) is 37.3 Å². The monoisotopic (exact) mass is 486 g/mol. The molecule has 1 aliphatic heterocycles. The molecular formula is C23H21F3N6O3. The van der Waals surface area contributed by atoms with E-state index in [1.165, 1.54) is 25.7 Å². The number of anilines is 1. The molecule has 3 aromatic heterocycles. The van der Waals surface area contributed by atoms with E-state index >= 15 is 0 Å². The Morgan fingerprint density at radius 1 is 1.14 bits per heavy atom. The van der Waals surface area contributed by atoms with Gasteiger partial charge in [0.1, 0.15) is 0 Å². The summed E-state index contributed by atoms with van der Waals surface area (Å²) in [5.41, 5.74) is 5.01. The van der Waals surface area contributed by atoms with Gasteiger partial charge in [-0.05, 0) is 43.9 Å². The van der Waals surface area contributed by atoms with E-state index in [1.807, 2.05) is 30.7 Å². The molecule has 0 unspecified atom stereocenters. The van der Waals surface area contributed by atoms with E-state index in [9.17, 15) is 13.2 Å². The van der Waals surface area contributed by atoms with Crippen LogP contribution in [0.3, 0.4) is 0 Å². The first-order valence-electron chi connectivity index (χ1n) is 11.1. The molecule has 1 saturated carbocycles. The third-order valence-corrected chi connectivity index (χ3v) is 5.89. The van der Waals surface area contributed by atoms with Crippen LogP contribution in [0.5, 0.6) is 0 Å². The van der Waals surface area contributed by atoms with Crippen LogP contribution in [0, 0.1) is 0 Å². The Labute approximate surface area is 197 Å². The quantitative estimate of drug-likeness (QED) is 0.423. The minimum absolute atomic E-state index is 0.550. The number of halogens is 3. The number of carboxylic acid groups (broad SMARTS) is 1. The molecule has 4 heterocycles. The van der Waals surface area contributed by atoms with Gasteiger partial charge in [-0.2, -0.15) is 13.2 Å². The van der Waals surface area contributed by atoms with E-state index in [4.69, 9.17) is 19.3 Å². The summed E-state index contributed by atoms with van der Waals surface area (Å²) in [4.78, 5) is 23.6. The molecule has 1 aliphatic carbocycles. The van der Waals surface area contributed by atoms with Gasteiger partial charge in [0.2, 0.25) is 5.89 Å². The lowest BCUT2D eigenvalue weighted by atomic mass is 10.1. The molecule has 182 valence electrons. The molecule has 9 nitrogen and oxygen atoms in total. The van der Waals surface area contributed by atoms with Crippen LogP contribution in [0.15, 0.2) is 41.2 Å². The fourth-order valence-electron chi connectivity index (χ4n) is 3.92. The highest BCUT2D eigenvalue weighted by atomic mass is 19.4. The van der Waals surface area contributed by atoms with Crippen molar-refractivity contribution >= 4 is 22.9 Å². The van der Waals surface area contributed by atoms with E-state index < -0.39 is 12.1 Å². The second-order valence-corrected chi connectivity index (χ2v) is 8.45. The number of carboxylic acids is 1. The summed E-state index contributed by atoms with van der Waals surface area (Å²) in [5.74, 6) is -1.63. The normalized spacial score (nSPS) is 15.8. The molecule has 0 amide bonds. The Morgan fingerprint density at radius 2 is 1.89 bits per heavy atom. The Morgan fingerprint density at radius 3 is 2.57 bits per heavy atom. The first kappa shape index (κ1) is 22.8. The molecule has 2 N–H and O–H groups in total. The molecule has 0 radical (unpaired) electrons. The maximum atomic E-state index is 10.6. The maximum absolute atomic E-state index is 10.6. The summed E-state index contributed by atoms with van der Waals surface area (Å²) >= 11 is 0. The average molecular weight is 486 g/mol. The summed E-state index contributed by atoms with van der Waals surface area (Å²) in [7, 11) is 0. The SMILES string of the molecule is O=C(O)C(F)(F)F.c1cc2[nH]cc(-c3cncc(C4CC4)n3)c2cc1-c1nnc(N2CCCC2)o1. The third-order valence-electron chi connectivity index (χ3n) is 5.89. The van der Waals surface area contributed by atoms with Crippen LogP contribution in [-0.4, -0.2) is 55.5 Å². The second-order valence-electron chi connectivity index (χ2n) is 8.45. The molecule has 35 heavy (non-hydrogen) atoms. The Bertz CT molecular complexity index is 1360. The van der Waals surface area contributed by atoms with Crippen LogP contribution >= 0.6 is 0 Å². The van der Waals surface area contributed by atoms with Gasteiger partial charge in [-0.25, -0.2) is 9.78 Å². The average Bonchev–Trinajstić information content (AvgIpc) is 3.22. The van der Waals surface area contributed by atoms with Crippen molar-refractivity contribution in [3.63, 3.8) is 0 Å². The van der Waals surface area contributed by atoms with Crippen molar-refractivity contribution in [3.8, 4) is 22.7 Å². The molecule has 1 saturated heterocycles. The molecule has 6 rings (SSSR count). The Balaban J connectivity index is 0.000000320. The van der Waals surface area contributed by atoms with Gasteiger partial charge < -0.3 is 19.4 Å². The number of aromatic amines is 1. The number of aliphatic carboxylic acids is 1. The van der Waals surface area contributed by atoms with Gasteiger partial charge in [-0.1, -0.05) is 5.10 Å². The molecule has 0 bridgehead atoms. The van der Waals surface area contributed by atoms with Crippen LogP contribution in [-0.2, 0) is 4.79 Å². The van der Waals surface area contributed by atoms with E-state index in [0.717, 1.165) is 46.5 Å². The fourth-order valence-corrected chi connectivity index (χ4v) is 3.92. The van der Waals surface area contributed by atoms with Crippen molar-refractivity contribution in [3.05, 3.63) is 42.5 Å². The first-order valence-corrected chi connectivity index (χ1v) is 11.1. The predicted molar refractivity (Wildman–Crippen MR) is 120 cm³/mol. The lowest BCUT2D eigenvalue weighted by Gasteiger charge is -2.09. The number of nitrogens with zero attached hydrogens (tertiary/aromatic N) is 5. The van der Waals surface area contributed by atoms with Gasteiger partial charge in [0, 0.05) is 53.4 Å². The molecule has 0 atom stereocenters. The molecule has 0 spiro atoms. The number of hydrogen-bond donors (Lipinski definition) is 2. The second kappa shape index (κ2) is 9.01. The Kier molecular flexibility index (Phi) is 5.87.